The van der Waals surface area contributed by atoms with Crippen molar-refractivity contribution >= 4 is 0 Å². The minimum atomic E-state index is -4.74. The third-order valence-electron chi connectivity index (χ3n) is 2.41. The molecule has 0 atom stereocenters. The summed E-state index contributed by atoms with van der Waals surface area (Å²) in [7, 11) is 0. The second kappa shape index (κ2) is 4.49. The summed E-state index contributed by atoms with van der Waals surface area (Å²) in [5.74, 6) is -2.53. The molecule has 0 unspecified atom stereocenters. The predicted octanol–water partition coefficient (Wildman–Crippen LogP) is 3.34. The zero-order valence-corrected chi connectivity index (χ0v) is 9.18. The van der Waals surface area contributed by atoms with Crippen LogP contribution in [0, 0.1) is 11.6 Å². The monoisotopic (exact) mass is 275 g/mol. The van der Waals surface area contributed by atoms with E-state index >= 15 is 0 Å². The van der Waals surface area contributed by atoms with Crippen molar-refractivity contribution in [2.45, 2.75) is 6.18 Å². The first-order chi connectivity index (χ1) is 8.79. The average Bonchev–Trinajstić information content (AvgIpc) is 2.31. The summed E-state index contributed by atoms with van der Waals surface area (Å²) < 4.78 is 64.0. The van der Waals surface area contributed by atoms with Gasteiger partial charge in [0.15, 0.2) is 11.6 Å². The van der Waals surface area contributed by atoms with Crippen molar-refractivity contribution in [2.75, 3.05) is 0 Å². The highest BCUT2D eigenvalue weighted by molar-refractivity contribution is 5.60. The number of aromatic amines is 1. The molecule has 0 aliphatic rings. The molecule has 1 N–H and O–H groups in total. The molecule has 0 aliphatic carbocycles. The van der Waals surface area contributed by atoms with Crippen LogP contribution in [0.2, 0.25) is 0 Å². The number of hydrogen-bond acceptors (Lipinski definition) is 1. The Labute approximate surface area is 103 Å². The first kappa shape index (κ1) is 13.3. The highest BCUT2D eigenvalue weighted by atomic mass is 19.4. The van der Waals surface area contributed by atoms with E-state index in [0.29, 0.717) is 12.1 Å². The first-order valence-corrected chi connectivity index (χ1v) is 5.05. The Hall–Kier alpha value is -2.18. The molecular formula is C12H6F5NO. The van der Waals surface area contributed by atoms with Gasteiger partial charge in [-0.1, -0.05) is 6.07 Å². The van der Waals surface area contributed by atoms with Crippen molar-refractivity contribution in [1.29, 1.82) is 0 Å². The SMILES string of the molecule is O=c1cc(C(F)(F)F)cc(-c2cccc(F)c2F)[nH]1. The van der Waals surface area contributed by atoms with Crippen LogP contribution in [0.1, 0.15) is 5.56 Å². The Morgan fingerprint density at radius 1 is 1.05 bits per heavy atom. The number of aromatic nitrogens is 1. The minimum Gasteiger partial charge on any atom is -0.322 e. The van der Waals surface area contributed by atoms with Crippen LogP contribution < -0.4 is 5.56 Å². The van der Waals surface area contributed by atoms with Gasteiger partial charge in [-0.3, -0.25) is 4.79 Å². The van der Waals surface area contributed by atoms with E-state index in [9.17, 15) is 26.7 Å². The summed E-state index contributed by atoms with van der Waals surface area (Å²) >= 11 is 0. The second-order valence-electron chi connectivity index (χ2n) is 3.75. The van der Waals surface area contributed by atoms with E-state index in [1.54, 1.807) is 0 Å². The van der Waals surface area contributed by atoms with Crippen LogP contribution >= 0.6 is 0 Å². The van der Waals surface area contributed by atoms with E-state index in [4.69, 9.17) is 0 Å². The molecular weight excluding hydrogens is 269 g/mol. The third-order valence-corrected chi connectivity index (χ3v) is 2.41. The average molecular weight is 275 g/mol. The molecule has 0 saturated heterocycles. The maximum atomic E-state index is 13.5. The Bertz CT molecular complexity index is 675. The normalized spacial score (nSPS) is 11.6. The van der Waals surface area contributed by atoms with Gasteiger partial charge in [-0.2, -0.15) is 13.2 Å². The van der Waals surface area contributed by atoms with Crippen LogP contribution in [-0.2, 0) is 6.18 Å². The summed E-state index contributed by atoms with van der Waals surface area (Å²) in [6.07, 6.45) is -4.74. The molecule has 2 aromatic rings. The molecule has 2 rings (SSSR count). The van der Waals surface area contributed by atoms with Gasteiger partial charge in [0.05, 0.1) is 11.3 Å². The van der Waals surface area contributed by atoms with E-state index in [0.717, 1.165) is 18.2 Å². The van der Waals surface area contributed by atoms with Gasteiger partial charge in [0.1, 0.15) is 0 Å². The molecule has 19 heavy (non-hydrogen) atoms. The van der Waals surface area contributed by atoms with Gasteiger partial charge in [0, 0.05) is 11.6 Å². The molecule has 0 spiro atoms. The Balaban J connectivity index is 2.67. The molecule has 0 aliphatic heterocycles. The molecule has 0 amide bonds. The lowest BCUT2D eigenvalue weighted by atomic mass is 10.1. The smallest absolute Gasteiger partial charge is 0.322 e. The number of benzene rings is 1. The van der Waals surface area contributed by atoms with Gasteiger partial charge in [0.2, 0.25) is 5.56 Å². The molecule has 7 heteroatoms. The molecule has 0 radical (unpaired) electrons. The number of alkyl halides is 3. The van der Waals surface area contributed by atoms with Crippen LogP contribution in [0.5, 0.6) is 0 Å². The maximum absolute atomic E-state index is 13.5. The fourth-order valence-electron chi connectivity index (χ4n) is 1.56. The Kier molecular flexibility index (Phi) is 3.13. The zero-order chi connectivity index (χ0) is 14.2. The molecule has 1 aromatic heterocycles. The zero-order valence-electron chi connectivity index (χ0n) is 9.18. The number of rotatable bonds is 1. The van der Waals surface area contributed by atoms with Gasteiger partial charge in [-0.15, -0.1) is 0 Å². The Morgan fingerprint density at radius 3 is 2.37 bits per heavy atom. The summed E-state index contributed by atoms with van der Waals surface area (Å²) in [6, 6.07) is 3.93. The van der Waals surface area contributed by atoms with Gasteiger partial charge in [-0.05, 0) is 18.2 Å². The minimum absolute atomic E-state index is 0.348. The van der Waals surface area contributed by atoms with E-state index < -0.39 is 40.2 Å². The lowest BCUT2D eigenvalue weighted by molar-refractivity contribution is -0.137. The maximum Gasteiger partial charge on any atom is 0.416 e. The fraction of sp³-hybridized carbons (Fsp3) is 0.0833. The van der Waals surface area contributed by atoms with E-state index in [1.807, 2.05) is 4.98 Å². The lowest BCUT2D eigenvalue weighted by Gasteiger charge is -2.09. The van der Waals surface area contributed by atoms with E-state index in [-0.39, 0.29) is 0 Å². The summed E-state index contributed by atoms with van der Waals surface area (Å²) in [4.78, 5) is 13.2. The summed E-state index contributed by atoms with van der Waals surface area (Å²) in [6.45, 7) is 0. The molecule has 2 nitrogen and oxygen atoms in total. The molecule has 0 saturated carbocycles. The van der Waals surface area contributed by atoms with Gasteiger partial charge in [0.25, 0.3) is 0 Å². The first-order valence-electron chi connectivity index (χ1n) is 5.05. The van der Waals surface area contributed by atoms with Crippen LogP contribution in [-0.4, -0.2) is 4.98 Å². The molecule has 0 fully saturated rings. The van der Waals surface area contributed by atoms with Crippen molar-refractivity contribution in [2.24, 2.45) is 0 Å². The van der Waals surface area contributed by atoms with Gasteiger partial charge in [-0.25, -0.2) is 8.78 Å². The largest absolute Gasteiger partial charge is 0.416 e. The van der Waals surface area contributed by atoms with Crippen molar-refractivity contribution in [3.05, 3.63) is 57.9 Å². The number of pyridine rings is 1. The van der Waals surface area contributed by atoms with Crippen molar-refractivity contribution < 1.29 is 22.0 Å². The molecule has 100 valence electrons. The highest BCUT2D eigenvalue weighted by Crippen LogP contribution is 2.31. The third kappa shape index (κ3) is 2.64. The predicted molar refractivity (Wildman–Crippen MR) is 57.4 cm³/mol. The van der Waals surface area contributed by atoms with Crippen LogP contribution in [0.3, 0.4) is 0 Å². The molecule has 1 heterocycles. The fourth-order valence-corrected chi connectivity index (χ4v) is 1.56. The number of halogens is 5. The number of hydrogen-bond donors (Lipinski definition) is 1. The Morgan fingerprint density at radius 2 is 1.74 bits per heavy atom. The number of H-pyrrole nitrogens is 1. The van der Waals surface area contributed by atoms with E-state index in [2.05, 4.69) is 0 Å². The van der Waals surface area contributed by atoms with Crippen molar-refractivity contribution in [3.8, 4) is 11.3 Å². The van der Waals surface area contributed by atoms with Crippen LogP contribution in [0.4, 0.5) is 22.0 Å². The molecule has 1 aromatic carbocycles. The van der Waals surface area contributed by atoms with Crippen molar-refractivity contribution in [1.82, 2.24) is 4.98 Å². The quantitative estimate of drug-likeness (QED) is 0.795. The van der Waals surface area contributed by atoms with E-state index in [1.165, 1.54) is 0 Å². The number of nitrogens with one attached hydrogen (secondary N) is 1. The van der Waals surface area contributed by atoms with Gasteiger partial charge >= 0.3 is 6.18 Å². The highest BCUT2D eigenvalue weighted by Gasteiger charge is 2.31. The van der Waals surface area contributed by atoms with Crippen LogP contribution in [0.25, 0.3) is 11.3 Å². The topological polar surface area (TPSA) is 32.9 Å². The summed E-state index contributed by atoms with van der Waals surface area (Å²) in [5.41, 5.74) is -3.15. The standard InChI is InChI=1S/C12H6F5NO/c13-8-3-1-2-7(11(8)14)9-4-6(12(15,16)17)5-10(19)18-9/h1-5H,(H,18,19). The summed E-state index contributed by atoms with van der Waals surface area (Å²) in [5, 5.41) is 0. The molecule has 0 bridgehead atoms. The van der Waals surface area contributed by atoms with Gasteiger partial charge < -0.3 is 4.98 Å². The van der Waals surface area contributed by atoms with Crippen molar-refractivity contribution in [3.63, 3.8) is 0 Å². The lowest BCUT2D eigenvalue weighted by Crippen LogP contribution is -2.14. The van der Waals surface area contributed by atoms with Crippen LogP contribution in [0.15, 0.2) is 35.1 Å². The second-order valence-corrected chi connectivity index (χ2v) is 3.75.